The summed E-state index contributed by atoms with van der Waals surface area (Å²) in [4.78, 5) is 11.5. The van der Waals surface area contributed by atoms with Gasteiger partial charge in [0.15, 0.2) is 0 Å². The zero-order chi connectivity index (χ0) is 12.3. The van der Waals surface area contributed by atoms with Crippen molar-refractivity contribution in [3.8, 4) is 0 Å². The van der Waals surface area contributed by atoms with Crippen molar-refractivity contribution in [2.24, 2.45) is 0 Å². The third-order valence-electron chi connectivity index (χ3n) is 3.05. The number of aliphatic hydroxyl groups is 1. The summed E-state index contributed by atoms with van der Waals surface area (Å²) >= 11 is 0. The minimum atomic E-state index is -0.541. The van der Waals surface area contributed by atoms with Crippen molar-refractivity contribution in [2.45, 2.75) is 44.8 Å². The Bertz CT molecular complexity index is 382. The molecule has 1 saturated carbocycles. The van der Waals surface area contributed by atoms with E-state index in [0.717, 1.165) is 18.4 Å². The molecule has 0 aromatic heterocycles. The van der Waals surface area contributed by atoms with E-state index in [9.17, 15) is 9.90 Å². The predicted molar refractivity (Wildman–Crippen MR) is 66.5 cm³/mol. The molecule has 0 radical (unpaired) electrons. The second-order valence-electron chi connectivity index (χ2n) is 4.81. The van der Waals surface area contributed by atoms with E-state index in [1.807, 2.05) is 31.2 Å². The lowest BCUT2D eigenvalue weighted by Gasteiger charge is -2.11. The van der Waals surface area contributed by atoms with Gasteiger partial charge >= 0.3 is 0 Å². The number of nitrogens with one attached hydrogen (secondary N) is 1. The molecule has 0 aliphatic heterocycles. The van der Waals surface area contributed by atoms with Gasteiger partial charge in [-0.1, -0.05) is 29.8 Å². The Morgan fingerprint density at radius 3 is 2.65 bits per heavy atom. The summed E-state index contributed by atoms with van der Waals surface area (Å²) in [5.74, 6) is 0.0543. The molecule has 1 aromatic carbocycles. The first-order chi connectivity index (χ1) is 8.15. The van der Waals surface area contributed by atoms with Crippen LogP contribution in [-0.4, -0.2) is 17.1 Å². The van der Waals surface area contributed by atoms with E-state index in [0.29, 0.717) is 18.9 Å². The summed E-state index contributed by atoms with van der Waals surface area (Å²) in [7, 11) is 0. The molecule has 2 N–H and O–H groups in total. The first kappa shape index (κ1) is 12.1. The van der Waals surface area contributed by atoms with Crippen molar-refractivity contribution in [1.29, 1.82) is 0 Å². The first-order valence-electron chi connectivity index (χ1n) is 6.19. The molecule has 0 bridgehead atoms. The lowest BCUT2D eigenvalue weighted by molar-refractivity contribution is -0.121. The van der Waals surface area contributed by atoms with Crippen molar-refractivity contribution < 1.29 is 9.90 Å². The number of hydrogen-bond donors (Lipinski definition) is 2. The van der Waals surface area contributed by atoms with Gasteiger partial charge in [0.1, 0.15) is 0 Å². The Kier molecular flexibility index (Phi) is 3.79. The molecular weight excluding hydrogens is 214 g/mol. The highest BCUT2D eigenvalue weighted by Gasteiger charge is 2.23. The van der Waals surface area contributed by atoms with E-state index in [-0.39, 0.29) is 5.91 Å². The van der Waals surface area contributed by atoms with E-state index in [2.05, 4.69) is 5.32 Å². The first-order valence-corrected chi connectivity index (χ1v) is 6.19. The van der Waals surface area contributed by atoms with E-state index < -0.39 is 6.10 Å². The number of carbonyl (C=O) groups is 1. The Morgan fingerprint density at radius 2 is 2.06 bits per heavy atom. The van der Waals surface area contributed by atoms with E-state index in [1.54, 1.807) is 0 Å². The highest BCUT2D eigenvalue weighted by atomic mass is 16.3. The minimum absolute atomic E-state index is 0.0543. The molecule has 1 aliphatic rings. The lowest BCUT2D eigenvalue weighted by atomic mass is 10.0. The molecule has 2 rings (SSSR count). The predicted octanol–water partition coefficient (Wildman–Crippen LogP) is 2.09. The molecule has 3 heteroatoms. The van der Waals surface area contributed by atoms with Crippen LogP contribution in [0, 0.1) is 6.92 Å². The Morgan fingerprint density at radius 1 is 1.41 bits per heavy atom. The van der Waals surface area contributed by atoms with E-state index in [1.165, 1.54) is 5.56 Å². The number of carbonyl (C=O) groups excluding carboxylic acids is 1. The maximum atomic E-state index is 11.5. The fourth-order valence-corrected chi connectivity index (χ4v) is 1.75. The maximum absolute atomic E-state index is 11.5. The summed E-state index contributed by atoms with van der Waals surface area (Å²) in [6.07, 6.45) is 2.55. The summed E-state index contributed by atoms with van der Waals surface area (Å²) in [5.41, 5.74) is 2.06. The van der Waals surface area contributed by atoms with Gasteiger partial charge in [-0.15, -0.1) is 0 Å². The molecule has 17 heavy (non-hydrogen) atoms. The molecule has 3 nitrogen and oxygen atoms in total. The number of benzene rings is 1. The molecule has 1 aliphatic carbocycles. The van der Waals surface area contributed by atoms with Crippen LogP contribution in [0.3, 0.4) is 0 Å². The van der Waals surface area contributed by atoms with Gasteiger partial charge in [0.25, 0.3) is 0 Å². The molecule has 1 unspecified atom stereocenters. The van der Waals surface area contributed by atoms with Crippen LogP contribution < -0.4 is 5.32 Å². The second kappa shape index (κ2) is 5.32. The molecule has 1 atom stereocenters. The van der Waals surface area contributed by atoms with Crippen molar-refractivity contribution >= 4 is 5.91 Å². The summed E-state index contributed by atoms with van der Waals surface area (Å²) in [5, 5.41) is 12.8. The fraction of sp³-hybridized carbons (Fsp3) is 0.500. The van der Waals surface area contributed by atoms with Crippen molar-refractivity contribution in [3.63, 3.8) is 0 Å². The van der Waals surface area contributed by atoms with Crippen LogP contribution in [0.25, 0.3) is 0 Å². The summed E-state index contributed by atoms with van der Waals surface area (Å²) in [6, 6.07) is 8.18. The Labute approximate surface area is 102 Å². The monoisotopic (exact) mass is 233 g/mol. The smallest absolute Gasteiger partial charge is 0.220 e. The van der Waals surface area contributed by atoms with Crippen LogP contribution in [0.5, 0.6) is 0 Å². The summed E-state index contributed by atoms with van der Waals surface area (Å²) < 4.78 is 0. The molecule has 0 heterocycles. The number of hydrogen-bond acceptors (Lipinski definition) is 2. The second-order valence-corrected chi connectivity index (χ2v) is 4.81. The standard InChI is InChI=1S/C14H19NO2/c1-10-2-4-11(5-3-10)13(16)8-9-14(17)15-12-6-7-12/h2-5,12-13,16H,6-9H2,1H3,(H,15,17). The fourth-order valence-electron chi connectivity index (χ4n) is 1.75. The minimum Gasteiger partial charge on any atom is -0.388 e. The zero-order valence-electron chi connectivity index (χ0n) is 10.1. The van der Waals surface area contributed by atoms with Crippen LogP contribution in [0.4, 0.5) is 0 Å². The van der Waals surface area contributed by atoms with Crippen molar-refractivity contribution in [3.05, 3.63) is 35.4 Å². The Hall–Kier alpha value is -1.35. The van der Waals surface area contributed by atoms with Gasteiger partial charge in [0.05, 0.1) is 6.10 Å². The van der Waals surface area contributed by atoms with Gasteiger partial charge in [-0.2, -0.15) is 0 Å². The number of aryl methyl sites for hydroxylation is 1. The SMILES string of the molecule is Cc1ccc(C(O)CCC(=O)NC2CC2)cc1. The van der Waals surface area contributed by atoms with Crippen molar-refractivity contribution in [1.82, 2.24) is 5.32 Å². The molecule has 0 saturated heterocycles. The topological polar surface area (TPSA) is 49.3 Å². The van der Waals surface area contributed by atoms with Gasteiger partial charge < -0.3 is 10.4 Å². The van der Waals surface area contributed by atoms with Crippen LogP contribution >= 0.6 is 0 Å². The molecular formula is C14H19NO2. The number of rotatable bonds is 5. The van der Waals surface area contributed by atoms with Crippen LogP contribution in [0.2, 0.25) is 0 Å². The van der Waals surface area contributed by atoms with Crippen LogP contribution in [0.15, 0.2) is 24.3 Å². The molecule has 1 amide bonds. The van der Waals surface area contributed by atoms with Crippen molar-refractivity contribution in [2.75, 3.05) is 0 Å². The van der Waals surface area contributed by atoms with Gasteiger partial charge in [0.2, 0.25) is 5.91 Å². The van der Waals surface area contributed by atoms with Gasteiger partial charge in [-0.05, 0) is 31.7 Å². The number of amides is 1. The highest BCUT2D eigenvalue weighted by molar-refractivity contribution is 5.76. The molecule has 1 aromatic rings. The largest absolute Gasteiger partial charge is 0.388 e. The molecule has 0 spiro atoms. The van der Waals surface area contributed by atoms with Crippen LogP contribution in [0.1, 0.15) is 42.9 Å². The third kappa shape index (κ3) is 3.86. The zero-order valence-corrected chi connectivity index (χ0v) is 10.1. The average Bonchev–Trinajstić information content (AvgIpc) is 3.11. The van der Waals surface area contributed by atoms with Crippen LogP contribution in [-0.2, 0) is 4.79 Å². The highest BCUT2D eigenvalue weighted by Crippen LogP contribution is 2.21. The normalized spacial score (nSPS) is 16.6. The Balaban J connectivity index is 1.77. The number of aliphatic hydroxyl groups excluding tert-OH is 1. The summed E-state index contributed by atoms with van der Waals surface area (Å²) in [6.45, 7) is 2.01. The van der Waals surface area contributed by atoms with E-state index >= 15 is 0 Å². The third-order valence-corrected chi connectivity index (χ3v) is 3.05. The molecule has 92 valence electrons. The van der Waals surface area contributed by atoms with Gasteiger partial charge in [-0.3, -0.25) is 4.79 Å². The maximum Gasteiger partial charge on any atom is 0.220 e. The average molecular weight is 233 g/mol. The van der Waals surface area contributed by atoms with Gasteiger partial charge in [-0.25, -0.2) is 0 Å². The van der Waals surface area contributed by atoms with Gasteiger partial charge in [0, 0.05) is 12.5 Å². The van der Waals surface area contributed by atoms with E-state index in [4.69, 9.17) is 0 Å². The lowest BCUT2D eigenvalue weighted by Crippen LogP contribution is -2.25. The quantitative estimate of drug-likeness (QED) is 0.818. The molecule has 1 fully saturated rings.